The van der Waals surface area contributed by atoms with Gasteiger partial charge in [0, 0.05) is 5.56 Å². The van der Waals surface area contributed by atoms with Gasteiger partial charge in [0.2, 0.25) is 0 Å². The Morgan fingerprint density at radius 2 is 1.38 bits per heavy atom. The summed E-state index contributed by atoms with van der Waals surface area (Å²) >= 11 is 23.6. The summed E-state index contributed by atoms with van der Waals surface area (Å²) in [5.74, 6) is 0. The second-order valence-corrected chi connectivity index (χ2v) is 6.64. The number of alkyl halides is 2. The number of aliphatic imine (C=N–C) groups is 1. The number of benzene rings is 2. The van der Waals surface area contributed by atoms with E-state index in [0.29, 0.717) is 11.1 Å². The Hall–Kier alpha value is -1.52. The molecular weight excluding hydrogens is 390 g/mol. The van der Waals surface area contributed by atoms with Crippen LogP contribution in [0.2, 0.25) is 0 Å². The van der Waals surface area contributed by atoms with E-state index < -0.39 is 10.9 Å². The highest BCUT2D eigenvalue weighted by atomic mass is 35.5. The molecule has 0 radical (unpaired) electrons. The zero-order valence-corrected chi connectivity index (χ0v) is 15.2. The predicted molar refractivity (Wildman–Crippen MR) is 102 cm³/mol. The van der Waals surface area contributed by atoms with Crippen LogP contribution in [0.5, 0.6) is 0 Å². The van der Waals surface area contributed by atoms with Gasteiger partial charge in [-0.15, -0.1) is 0 Å². The number of carbonyl (C=O) groups is 1. The quantitative estimate of drug-likeness (QED) is 0.510. The van der Waals surface area contributed by atoms with E-state index in [4.69, 9.17) is 46.4 Å². The largest absolute Gasteiger partial charge is 0.345 e. The number of nitrogens with one attached hydrogen (secondary N) is 1. The zero-order chi connectivity index (χ0) is 17.5. The highest BCUT2D eigenvalue weighted by molar-refractivity contribution is 6.58. The van der Waals surface area contributed by atoms with E-state index in [2.05, 4.69) is 10.3 Å². The fraction of sp³-hybridized carbons (Fsp3) is 0.0588. The Balaban J connectivity index is 2.28. The highest BCUT2D eigenvalue weighted by Crippen LogP contribution is 2.22. The number of amides is 2. The van der Waals surface area contributed by atoms with E-state index in [1.54, 1.807) is 48.5 Å². The van der Waals surface area contributed by atoms with Crippen LogP contribution < -0.4 is 5.32 Å². The molecule has 0 fully saturated rings. The van der Waals surface area contributed by atoms with Gasteiger partial charge in [-0.1, -0.05) is 107 Å². The molecule has 124 valence electrons. The van der Waals surface area contributed by atoms with Crippen molar-refractivity contribution in [2.24, 2.45) is 4.99 Å². The Morgan fingerprint density at radius 3 is 1.83 bits per heavy atom. The molecule has 0 spiro atoms. The Kier molecular flexibility index (Phi) is 7.13. The van der Waals surface area contributed by atoms with E-state index in [-0.39, 0.29) is 15.9 Å². The molecule has 1 N–H and O–H groups in total. The van der Waals surface area contributed by atoms with Crippen LogP contribution in [0.15, 0.2) is 70.1 Å². The van der Waals surface area contributed by atoms with Crippen LogP contribution in [0, 0.1) is 0 Å². The minimum absolute atomic E-state index is 0.0840. The van der Waals surface area contributed by atoms with Crippen LogP contribution in [0.25, 0.3) is 5.70 Å². The number of hydrogen-bond donors (Lipinski definition) is 1. The fourth-order valence-corrected chi connectivity index (χ4v) is 2.59. The molecule has 0 saturated heterocycles. The molecule has 2 amide bonds. The Labute approximate surface area is 159 Å². The van der Waals surface area contributed by atoms with Crippen molar-refractivity contribution in [2.75, 3.05) is 0 Å². The first-order chi connectivity index (χ1) is 11.5. The Morgan fingerprint density at radius 1 is 0.875 bits per heavy atom. The summed E-state index contributed by atoms with van der Waals surface area (Å²) in [6.45, 7) is 0. The number of urea groups is 1. The minimum Gasteiger partial charge on any atom is -0.303 e. The van der Waals surface area contributed by atoms with Crippen LogP contribution in [0.3, 0.4) is 0 Å². The number of halogens is 4. The molecule has 24 heavy (non-hydrogen) atoms. The van der Waals surface area contributed by atoms with Crippen molar-refractivity contribution >= 4 is 63.8 Å². The average Bonchev–Trinajstić information content (AvgIpc) is 2.58. The van der Waals surface area contributed by atoms with Gasteiger partial charge in [-0.05, 0) is 5.56 Å². The molecule has 7 heteroatoms. The molecular formula is C17H12Cl4N2O. The lowest BCUT2D eigenvalue weighted by Crippen LogP contribution is -2.22. The molecule has 2 aromatic carbocycles. The van der Waals surface area contributed by atoms with Crippen molar-refractivity contribution < 1.29 is 4.79 Å². The summed E-state index contributed by atoms with van der Waals surface area (Å²) in [5, 5.41) is 2.56. The van der Waals surface area contributed by atoms with Crippen LogP contribution in [0.4, 0.5) is 4.79 Å². The normalized spacial score (nSPS) is 11.3. The van der Waals surface area contributed by atoms with Gasteiger partial charge in [0.1, 0.15) is 9.33 Å². The summed E-state index contributed by atoms with van der Waals surface area (Å²) < 4.78 is -0.0840. The van der Waals surface area contributed by atoms with Crippen LogP contribution in [-0.2, 0) is 0 Å². The van der Waals surface area contributed by atoms with E-state index in [1.807, 2.05) is 12.1 Å². The molecule has 2 aromatic rings. The van der Waals surface area contributed by atoms with Gasteiger partial charge in [0.05, 0.1) is 11.4 Å². The third kappa shape index (κ3) is 5.25. The molecule has 0 saturated carbocycles. The van der Waals surface area contributed by atoms with Crippen LogP contribution in [-0.4, -0.2) is 16.6 Å². The molecule has 0 atom stereocenters. The molecule has 0 aliphatic carbocycles. The van der Waals surface area contributed by atoms with Crippen LogP contribution in [0.1, 0.15) is 11.1 Å². The summed E-state index contributed by atoms with van der Waals surface area (Å²) in [6, 6.07) is 17.2. The maximum atomic E-state index is 12.3. The first kappa shape index (κ1) is 18.8. The van der Waals surface area contributed by atoms with Gasteiger partial charge >= 0.3 is 6.03 Å². The molecule has 0 unspecified atom stereocenters. The molecule has 0 aliphatic rings. The molecule has 0 bridgehead atoms. The predicted octanol–water partition coefficient (Wildman–Crippen LogP) is 5.79. The first-order valence-corrected chi connectivity index (χ1v) is 8.45. The third-order valence-corrected chi connectivity index (χ3v) is 3.77. The van der Waals surface area contributed by atoms with E-state index >= 15 is 0 Å². The number of rotatable bonds is 4. The topological polar surface area (TPSA) is 41.5 Å². The molecule has 2 rings (SSSR count). The van der Waals surface area contributed by atoms with Gasteiger partial charge in [-0.25, -0.2) is 4.79 Å². The second-order valence-electron chi connectivity index (χ2n) is 4.60. The molecule has 3 nitrogen and oxygen atoms in total. The molecule has 0 aliphatic heterocycles. The average molecular weight is 402 g/mol. The maximum Gasteiger partial charge on any atom is 0.345 e. The minimum atomic E-state index is -0.964. The summed E-state index contributed by atoms with van der Waals surface area (Å²) in [6.07, 6.45) is 0. The lowest BCUT2D eigenvalue weighted by molar-refractivity contribution is 0.253. The number of carbonyl (C=O) groups excluding carboxylic acids is 1. The van der Waals surface area contributed by atoms with E-state index in [0.717, 1.165) is 0 Å². The summed E-state index contributed by atoms with van der Waals surface area (Å²) in [7, 11) is 0. The van der Waals surface area contributed by atoms with Crippen molar-refractivity contribution in [1.82, 2.24) is 5.32 Å². The number of nitrogens with zero attached hydrogens (tertiary/aromatic N) is 1. The second kappa shape index (κ2) is 9.09. The van der Waals surface area contributed by atoms with Gasteiger partial charge in [-0.2, -0.15) is 4.99 Å². The third-order valence-electron chi connectivity index (χ3n) is 2.98. The molecule has 0 heterocycles. The summed E-state index contributed by atoms with van der Waals surface area (Å²) in [4.78, 5) is 15.2. The van der Waals surface area contributed by atoms with Gasteiger partial charge < -0.3 is 5.32 Å². The monoisotopic (exact) mass is 400 g/mol. The van der Waals surface area contributed by atoms with Gasteiger partial charge in [0.25, 0.3) is 0 Å². The van der Waals surface area contributed by atoms with E-state index in [1.165, 1.54) is 0 Å². The SMILES string of the molecule is O=C(N=C(c1ccccc1)C(Cl)Cl)NC(=C(Cl)Cl)c1ccccc1. The molecule has 0 aromatic heterocycles. The van der Waals surface area contributed by atoms with E-state index in [9.17, 15) is 4.79 Å². The lowest BCUT2D eigenvalue weighted by atomic mass is 10.1. The van der Waals surface area contributed by atoms with Crippen molar-refractivity contribution in [3.05, 3.63) is 76.3 Å². The van der Waals surface area contributed by atoms with Crippen molar-refractivity contribution in [3.63, 3.8) is 0 Å². The zero-order valence-electron chi connectivity index (χ0n) is 12.2. The standard InChI is InChI=1S/C17H12Cl4N2O/c18-15(19)13(11-7-3-1-4-8-11)22-17(24)23-14(16(20)21)12-9-5-2-6-10-12/h1-10,15H,(H,23,24). The highest BCUT2D eigenvalue weighted by Gasteiger charge is 2.16. The van der Waals surface area contributed by atoms with Crippen molar-refractivity contribution in [3.8, 4) is 0 Å². The maximum absolute atomic E-state index is 12.3. The smallest absolute Gasteiger partial charge is 0.303 e. The number of hydrogen-bond acceptors (Lipinski definition) is 1. The first-order valence-electron chi connectivity index (χ1n) is 6.83. The van der Waals surface area contributed by atoms with Gasteiger partial charge in [0.15, 0.2) is 0 Å². The van der Waals surface area contributed by atoms with Gasteiger partial charge in [-0.3, -0.25) is 0 Å². The van der Waals surface area contributed by atoms with Crippen molar-refractivity contribution in [1.29, 1.82) is 0 Å². The lowest BCUT2D eigenvalue weighted by Gasteiger charge is -2.10. The van der Waals surface area contributed by atoms with Crippen LogP contribution >= 0.6 is 46.4 Å². The Bertz CT molecular complexity index is 755. The fourth-order valence-electron chi connectivity index (χ4n) is 1.93. The van der Waals surface area contributed by atoms with Crippen molar-refractivity contribution in [2.45, 2.75) is 4.84 Å². The summed E-state index contributed by atoms with van der Waals surface area (Å²) in [5.41, 5.74) is 1.77.